The first-order valence-corrected chi connectivity index (χ1v) is 6.24. The number of amides is 1. The van der Waals surface area contributed by atoms with E-state index in [9.17, 15) is 14.7 Å². The van der Waals surface area contributed by atoms with Gasteiger partial charge in [0.15, 0.2) is 0 Å². The largest absolute Gasteiger partial charge is 0.480 e. The molecule has 1 heterocycles. The van der Waals surface area contributed by atoms with Crippen LogP contribution >= 0.6 is 0 Å². The molecule has 96 valence electrons. The predicted molar refractivity (Wildman–Crippen MR) is 60.3 cm³/mol. The van der Waals surface area contributed by atoms with E-state index in [1.165, 1.54) is 0 Å². The number of nitrogens with zero attached hydrogens (tertiary/aromatic N) is 1. The quantitative estimate of drug-likeness (QED) is 0.701. The summed E-state index contributed by atoms with van der Waals surface area (Å²) in [6, 6.07) is 0. The SMILES string of the molecule is O=C(O)C1(C(=O)N2CCC(CCO)C2)CCC1. The minimum atomic E-state index is -1.13. The van der Waals surface area contributed by atoms with Crippen molar-refractivity contribution in [2.24, 2.45) is 11.3 Å². The molecule has 5 heteroatoms. The van der Waals surface area contributed by atoms with Gasteiger partial charge in [-0.1, -0.05) is 6.42 Å². The molecule has 0 aromatic carbocycles. The summed E-state index contributed by atoms with van der Waals surface area (Å²) in [4.78, 5) is 25.1. The van der Waals surface area contributed by atoms with Crippen molar-refractivity contribution in [1.29, 1.82) is 0 Å². The normalized spacial score (nSPS) is 26.6. The number of carboxylic acid groups (broad SMARTS) is 1. The van der Waals surface area contributed by atoms with Crippen LogP contribution in [0.15, 0.2) is 0 Å². The van der Waals surface area contributed by atoms with Crippen LogP contribution < -0.4 is 0 Å². The zero-order valence-electron chi connectivity index (χ0n) is 9.89. The highest BCUT2D eigenvalue weighted by Crippen LogP contribution is 2.43. The minimum absolute atomic E-state index is 0.136. The first-order valence-electron chi connectivity index (χ1n) is 6.24. The second-order valence-corrected chi connectivity index (χ2v) is 5.16. The molecule has 0 bridgehead atoms. The van der Waals surface area contributed by atoms with E-state index in [1.54, 1.807) is 4.90 Å². The number of likely N-dealkylation sites (tertiary alicyclic amines) is 1. The van der Waals surface area contributed by atoms with E-state index in [-0.39, 0.29) is 12.5 Å². The van der Waals surface area contributed by atoms with Gasteiger partial charge in [0.1, 0.15) is 5.41 Å². The van der Waals surface area contributed by atoms with Gasteiger partial charge < -0.3 is 15.1 Å². The Morgan fingerprint density at radius 2 is 2.06 bits per heavy atom. The fraction of sp³-hybridized carbons (Fsp3) is 0.833. The highest BCUT2D eigenvalue weighted by Gasteiger charge is 2.53. The molecule has 1 amide bonds. The zero-order chi connectivity index (χ0) is 12.5. The van der Waals surface area contributed by atoms with Gasteiger partial charge >= 0.3 is 5.97 Å². The Bertz CT molecular complexity index is 324. The van der Waals surface area contributed by atoms with Crippen LogP contribution in [0, 0.1) is 11.3 Å². The maximum atomic E-state index is 12.2. The van der Waals surface area contributed by atoms with Crippen molar-refractivity contribution in [3.8, 4) is 0 Å². The number of aliphatic carboxylic acids is 1. The van der Waals surface area contributed by atoms with Gasteiger partial charge in [-0.25, -0.2) is 0 Å². The summed E-state index contributed by atoms with van der Waals surface area (Å²) >= 11 is 0. The smallest absolute Gasteiger partial charge is 0.319 e. The van der Waals surface area contributed by atoms with Gasteiger partial charge in [0.25, 0.3) is 0 Å². The molecule has 1 atom stereocenters. The van der Waals surface area contributed by atoms with Gasteiger partial charge in [0.2, 0.25) is 5.91 Å². The van der Waals surface area contributed by atoms with Crippen LogP contribution in [0.25, 0.3) is 0 Å². The number of hydrogen-bond donors (Lipinski definition) is 2. The molecule has 0 spiro atoms. The summed E-state index contributed by atoms with van der Waals surface area (Å²) in [5, 5.41) is 18.1. The third-order valence-corrected chi connectivity index (χ3v) is 4.14. The van der Waals surface area contributed by atoms with Crippen molar-refractivity contribution in [1.82, 2.24) is 4.90 Å². The van der Waals surface area contributed by atoms with E-state index in [1.807, 2.05) is 0 Å². The Kier molecular flexibility index (Phi) is 3.38. The molecule has 2 rings (SSSR count). The number of carbonyl (C=O) groups excluding carboxylic acids is 1. The summed E-state index contributed by atoms with van der Waals surface area (Å²) in [5.41, 5.74) is -1.13. The van der Waals surface area contributed by atoms with Crippen LogP contribution in [-0.4, -0.2) is 46.7 Å². The Hall–Kier alpha value is -1.10. The highest BCUT2D eigenvalue weighted by atomic mass is 16.4. The van der Waals surface area contributed by atoms with Gasteiger partial charge in [0.05, 0.1) is 0 Å². The average Bonchev–Trinajstić information content (AvgIpc) is 2.64. The summed E-state index contributed by atoms with van der Waals surface area (Å²) < 4.78 is 0. The van der Waals surface area contributed by atoms with Crippen LogP contribution in [0.1, 0.15) is 32.1 Å². The van der Waals surface area contributed by atoms with Crippen molar-refractivity contribution in [3.63, 3.8) is 0 Å². The van der Waals surface area contributed by atoms with E-state index < -0.39 is 11.4 Å². The monoisotopic (exact) mass is 241 g/mol. The third kappa shape index (κ3) is 2.04. The first kappa shape index (κ1) is 12.4. The number of aliphatic hydroxyl groups is 1. The lowest BCUT2D eigenvalue weighted by molar-refractivity contribution is -0.167. The van der Waals surface area contributed by atoms with Gasteiger partial charge in [-0.05, 0) is 31.6 Å². The molecule has 1 aliphatic heterocycles. The molecular weight excluding hydrogens is 222 g/mol. The molecule has 1 aliphatic carbocycles. The highest BCUT2D eigenvalue weighted by molar-refractivity contribution is 6.02. The Morgan fingerprint density at radius 3 is 2.53 bits per heavy atom. The Labute approximate surface area is 100 Å². The Morgan fingerprint density at radius 1 is 1.35 bits per heavy atom. The molecule has 0 aromatic heterocycles. The first-order chi connectivity index (χ1) is 8.10. The molecule has 2 N–H and O–H groups in total. The maximum absolute atomic E-state index is 12.2. The second kappa shape index (κ2) is 4.64. The average molecular weight is 241 g/mol. The molecule has 1 saturated carbocycles. The van der Waals surface area contributed by atoms with E-state index in [0.29, 0.717) is 38.3 Å². The predicted octanol–water partition coefficient (Wildman–Crippen LogP) is 0.472. The van der Waals surface area contributed by atoms with Crippen LogP contribution in [0.4, 0.5) is 0 Å². The van der Waals surface area contributed by atoms with Crippen molar-refractivity contribution in [3.05, 3.63) is 0 Å². The summed E-state index contributed by atoms with van der Waals surface area (Å²) in [5.74, 6) is -0.856. The lowest BCUT2D eigenvalue weighted by Gasteiger charge is -2.38. The lowest BCUT2D eigenvalue weighted by atomic mass is 9.68. The lowest BCUT2D eigenvalue weighted by Crippen LogP contribution is -2.52. The summed E-state index contributed by atoms with van der Waals surface area (Å²) in [7, 11) is 0. The van der Waals surface area contributed by atoms with Crippen molar-refractivity contribution in [2.75, 3.05) is 19.7 Å². The number of rotatable bonds is 4. The van der Waals surface area contributed by atoms with Gasteiger partial charge in [-0.15, -0.1) is 0 Å². The molecule has 2 fully saturated rings. The van der Waals surface area contributed by atoms with E-state index >= 15 is 0 Å². The van der Waals surface area contributed by atoms with Crippen molar-refractivity contribution in [2.45, 2.75) is 32.1 Å². The van der Waals surface area contributed by atoms with Crippen molar-refractivity contribution < 1.29 is 19.8 Å². The summed E-state index contributed by atoms with van der Waals surface area (Å²) in [6.45, 7) is 1.38. The fourth-order valence-corrected chi connectivity index (χ4v) is 2.79. The maximum Gasteiger partial charge on any atom is 0.319 e. The van der Waals surface area contributed by atoms with Gasteiger partial charge in [-0.3, -0.25) is 9.59 Å². The van der Waals surface area contributed by atoms with Crippen LogP contribution in [0.2, 0.25) is 0 Å². The van der Waals surface area contributed by atoms with Crippen molar-refractivity contribution >= 4 is 11.9 Å². The summed E-state index contributed by atoms with van der Waals surface area (Å²) in [6.07, 6.45) is 3.35. The second-order valence-electron chi connectivity index (χ2n) is 5.16. The topological polar surface area (TPSA) is 77.8 Å². The standard InChI is InChI=1S/C12H19NO4/c14-7-3-9-2-6-13(8-9)10(15)12(11(16)17)4-1-5-12/h9,14H,1-8H2,(H,16,17). The van der Waals surface area contributed by atoms with Crippen LogP contribution in [0.3, 0.4) is 0 Å². The fourth-order valence-electron chi connectivity index (χ4n) is 2.79. The molecule has 1 saturated heterocycles. The molecule has 0 radical (unpaired) electrons. The van der Waals surface area contributed by atoms with E-state index in [4.69, 9.17) is 5.11 Å². The molecule has 5 nitrogen and oxygen atoms in total. The number of carbonyl (C=O) groups is 2. The molecule has 17 heavy (non-hydrogen) atoms. The zero-order valence-corrected chi connectivity index (χ0v) is 9.89. The number of hydrogen-bond acceptors (Lipinski definition) is 3. The van der Waals surface area contributed by atoms with Crippen LogP contribution in [0.5, 0.6) is 0 Å². The third-order valence-electron chi connectivity index (χ3n) is 4.14. The number of carboxylic acids is 1. The van der Waals surface area contributed by atoms with Crippen LogP contribution in [-0.2, 0) is 9.59 Å². The van der Waals surface area contributed by atoms with E-state index in [2.05, 4.69) is 0 Å². The number of aliphatic hydroxyl groups excluding tert-OH is 1. The Balaban J connectivity index is 1.99. The molecule has 1 unspecified atom stereocenters. The molecule has 0 aromatic rings. The van der Waals surface area contributed by atoms with Gasteiger partial charge in [0, 0.05) is 19.7 Å². The minimum Gasteiger partial charge on any atom is -0.480 e. The van der Waals surface area contributed by atoms with E-state index in [0.717, 1.165) is 12.8 Å². The van der Waals surface area contributed by atoms with Gasteiger partial charge in [-0.2, -0.15) is 0 Å². The molecular formula is C12H19NO4. The molecule has 2 aliphatic rings.